The van der Waals surface area contributed by atoms with Crippen molar-refractivity contribution in [3.8, 4) is 5.75 Å². The van der Waals surface area contributed by atoms with Crippen molar-refractivity contribution in [2.75, 3.05) is 11.5 Å². The minimum Gasteiger partial charge on any atom is -0.494 e. The molecular formula is C28H26BrFN2O2. The van der Waals surface area contributed by atoms with Crippen LogP contribution in [0.4, 0.5) is 10.1 Å². The Morgan fingerprint density at radius 2 is 1.71 bits per heavy atom. The highest BCUT2D eigenvalue weighted by Crippen LogP contribution is 2.30. The number of rotatable bonds is 9. The van der Waals surface area contributed by atoms with Gasteiger partial charge in [0.25, 0.3) is 5.91 Å². The summed E-state index contributed by atoms with van der Waals surface area (Å²) in [6.07, 6.45) is 6.06. The van der Waals surface area contributed by atoms with E-state index in [0.717, 1.165) is 28.6 Å². The fourth-order valence-corrected chi connectivity index (χ4v) is 3.96. The van der Waals surface area contributed by atoms with E-state index >= 15 is 0 Å². The van der Waals surface area contributed by atoms with E-state index in [1.165, 1.54) is 25.0 Å². The molecule has 0 aromatic heterocycles. The summed E-state index contributed by atoms with van der Waals surface area (Å²) in [6.45, 7) is 2.85. The highest BCUT2D eigenvalue weighted by atomic mass is 79.9. The number of carbonyl (C=O) groups is 1. The Morgan fingerprint density at radius 1 is 0.971 bits per heavy atom. The molecule has 0 atom stereocenters. The average molecular weight is 521 g/mol. The number of benzene rings is 3. The van der Waals surface area contributed by atoms with Gasteiger partial charge in [-0.05, 0) is 55.0 Å². The number of carbonyl (C=O) groups excluding carboxylic acids is 1. The molecule has 6 heteroatoms. The molecule has 0 N–H and O–H groups in total. The van der Waals surface area contributed by atoms with Crippen molar-refractivity contribution in [1.29, 1.82) is 0 Å². The molecule has 1 aliphatic heterocycles. The standard InChI is InChI=1S/C28H26BrFN2O2/c1-2-3-4-7-18-34-24-16-14-23(15-17-24)32-27(20-10-12-22(29)13-11-20)31-26(28(32)33)19-21-8-5-6-9-25(21)30/h5-6,8-17,19H,2-4,7,18H2,1H3/b26-19-. The predicted molar refractivity (Wildman–Crippen MR) is 139 cm³/mol. The molecule has 0 aliphatic carbocycles. The van der Waals surface area contributed by atoms with Crippen LogP contribution >= 0.6 is 15.9 Å². The molecule has 0 saturated carbocycles. The molecule has 1 aliphatic rings. The lowest BCUT2D eigenvalue weighted by Crippen LogP contribution is -2.32. The molecule has 0 bridgehead atoms. The Hall–Kier alpha value is -3.25. The molecule has 4 nitrogen and oxygen atoms in total. The molecule has 174 valence electrons. The number of hydrogen-bond donors (Lipinski definition) is 0. The van der Waals surface area contributed by atoms with E-state index < -0.39 is 5.82 Å². The predicted octanol–water partition coefficient (Wildman–Crippen LogP) is 7.38. The Balaban J connectivity index is 1.62. The van der Waals surface area contributed by atoms with Crippen LogP contribution in [0.25, 0.3) is 6.08 Å². The van der Waals surface area contributed by atoms with Crippen molar-refractivity contribution in [3.05, 3.63) is 99.9 Å². The largest absolute Gasteiger partial charge is 0.494 e. The fraction of sp³-hybridized carbons (Fsp3) is 0.214. The van der Waals surface area contributed by atoms with Gasteiger partial charge in [-0.25, -0.2) is 9.38 Å². The Bertz CT molecular complexity index is 1200. The number of ether oxygens (including phenoxy) is 1. The van der Waals surface area contributed by atoms with Gasteiger partial charge >= 0.3 is 0 Å². The molecule has 1 heterocycles. The number of hydrogen-bond acceptors (Lipinski definition) is 3. The first-order valence-corrected chi connectivity index (χ1v) is 12.2. The third kappa shape index (κ3) is 5.62. The monoisotopic (exact) mass is 520 g/mol. The van der Waals surface area contributed by atoms with E-state index in [2.05, 4.69) is 27.8 Å². The van der Waals surface area contributed by atoms with Crippen molar-refractivity contribution < 1.29 is 13.9 Å². The molecular weight excluding hydrogens is 495 g/mol. The summed E-state index contributed by atoms with van der Waals surface area (Å²) in [5, 5.41) is 0. The first kappa shape index (κ1) is 23.9. The molecule has 0 saturated heterocycles. The van der Waals surface area contributed by atoms with Crippen molar-refractivity contribution in [1.82, 2.24) is 0 Å². The maximum absolute atomic E-state index is 14.2. The normalized spacial score (nSPS) is 14.6. The van der Waals surface area contributed by atoms with Gasteiger partial charge in [-0.1, -0.05) is 72.4 Å². The van der Waals surface area contributed by atoms with Crippen LogP contribution in [0.3, 0.4) is 0 Å². The van der Waals surface area contributed by atoms with Crippen LogP contribution in [-0.2, 0) is 4.79 Å². The summed E-state index contributed by atoms with van der Waals surface area (Å²) in [5.41, 5.74) is 1.95. The highest BCUT2D eigenvalue weighted by Gasteiger charge is 2.32. The second-order valence-electron chi connectivity index (χ2n) is 8.04. The summed E-state index contributed by atoms with van der Waals surface area (Å²) in [5.74, 6) is 0.543. The van der Waals surface area contributed by atoms with Crippen LogP contribution in [-0.4, -0.2) is 18.3 Å². The third-order valence-corrected chi connectivity index (χ3v) is 6.05. The van der Waals surface area contributed by atoms with Crippen LogP contribution < -0.4 is 9.64 Å². The molecule has 0 radical (unpaired) electrons. The number of amidine groups is 1. The molecule has 0 unspecified atom stereocenters. The Morgan fingerprint density at radius 3 is 2.41 bits per heavy atom. The quantitative estimate of drug-likeness (QED) is 0.218. The van der Waals surface area contributed by atoms with Crippen molar-refractivity contribution in [2.45, 2.75) is 32.6 Å². The molecule has 3 aromatic rings. The molecule has 0 spiro atoms. The summed E-state index contributed by atoms with van der Waals surface area (Å²) in [6, 6.07) is 21.3. The van der Waals surface area contributed by atoms with E-state index in [-0.39, 0.29) is 11.6 Å². The zero-order valence-corrected chi connectivity index (χ0v) is 20.6. The van der Waals surface area contributed by atoms with E-state index in [9.17, 15) is 9.18 Å². The molecule has 3 aromatic carbocycles. The van der Waals surface area contributed by atoms with Gasteiger partial charge in [0.2, 0.25) is 0 Å². The molecule has 0 fully saturated rings. The summed E-state index contributed by atoms with van der Waals surface area (Å²) in [7, 11) is 0. The second kappa shape index (κ2) is 11.3. The molecule has 1 amide bonds. The smallest absolute Gasteiger partial charge is 0.282 e. The van der Waals surface area contributed by atoms with Crippen LogP contribution in [0.5, 0.6) is 5.75 Å². The summed E-state index contributed by atoms with van der Waals surface area (Å²) < 4.78 is 21.0. The number of unbranched alkanes of at least 4 members (excludes halogenated alkanes) is 3. The topological polar surface area (TPSA) is 41.9 Å². The van der Waals surface area contributed by atoms with E-state index in [1.807, 2.05) is 48.5 Å². The summed E-state index contributed by atoms with van der Waals surface area (Å²) in [4.78, 5) is 19.6. The molecule has 4 rings (SSSR count). The van der Waals surface area contributed by atoms with Crippen LogP contribution in [0.15, 0.2) is 88.0 Å². The van der Waals surface area contributed by atoms with Crippen LogP contribution in [0, 0.1) is 5.82 Å². The van der Waals surface area contributed by atoms with Gasteiger partial charge in [-0.3, -0.25) is 9.69 Å². The average Bonchev–Trinajstić information content (AvgIpc) is 3.17. The van der Waals surface area contributed by atoms with Crippen molar-refractivity contribution in [2.24, 2.45) is 4.99 Å². The number of nitrogens with zero attached hydrogens (tertiary/aromatic N) is 2. The van der Waals surface area contributed by atoms with Gasteiger partial charge in [-0.2, -0.15) is 0 Å². The number of anilines is 1. The van der Waals surface area contributed by atoms with Crippen LogP contribution in [0.1, 0.15) is 43.7 Å². The van der Waals surface area contributed by atoms with E-state index in [1.54, 1.807) is 23.1 Å². The number of halogens is 2. The zero-order valence-electron chi connectivity index (χ0n) is 19.0. The van der Waals surface area contributed by atoms with E-state index in [0.29, 0.717) is 23.7 Å². The number of aliphatic imine (C=N–C) groups is 1. The van der Waals surface area contributed by atoms with Gasteiger partial charge in [0.15, 0.2) is 0 Å². The Labute approximate surface area is 207 Å². The minimum atomic E-state index is -0.401. The van der Waals surface area contributed by atoms with E-state index in [4.69, 9.17) is 4.74 Å². The zero-order chi connectivity index (χ0) is 23.9. The Kier molecular flexibility index (Phi) is 7.91. The van der Waals surface area contributed by atoms with Crippen molar-refractivity contribution >= 4 is 39.4 Å². The van der Waals surface area contributed by atoms with Gasteiger partial charge in [0.05, 0.1) is 12.3 Å². The summed E-state index contributed by atoms with van der Waals surface area (Å²) >= 11 is 3.44. The fourth-order valence-electron chi connectivity index (χ4n) is 3.70. The second-order valence-corrected chi connectivity index (χ2v) is 8.95. The lowest BCUT2D eigenvalue weighted by atomic mass is 10.1. The maximum Gasteiger partial charge on any atom is 0.282 e. The van der Waals surface area contributed by atoms with Gasteiger partial charge in [-0.15, -0.1) is 0 Å². The first-order valence-electron chi connectivity index (χ1n) is 11.4. The number of amides is 1. The highest BCUT2D eigenvalue weighted by molar-refractivity contribution is 9.10. The SMILES string of the molecule is CCCCCCOc1ccc(N2C(=O)/C(=C/c3ccccc3F)N=C2c2ccc(Br)cc2)cc1. The lowest BCUT2D eigenvalue weighted by Gasteiger charge is -2.19. The molecule has 34 heavy (non-hydrogen) atoms. The maximum atomic E-state index is 14.2. The van der Waals surface area contributed by atoms with Crippen LogP contribution in [0.2, 0.25) is 0 Å². The van der Waals surface area contributed by atoms with Gasteiger partial charge in [0, 0.05) is 15.6 Å². The van der Waals surface area contributed by atoms with Gasteiger partial charge < -0.3 is 4.74 Å². The van der Waals surface area contributed by atoms with Gasteiger partial charge in [0.1, 0.15) is 23.1 Å². The minimum absolute atomic E-state index is 0.180. The lowest BCUT2D eigenvalue weighted by molar-refractivity contribution is -0.113. The third-order valence-electron chi connectivity index (χ3n) is 5.52. The van der Waals surface area contributed by atoms with Crippen molar-refractivity contribution in [3.63, 3.8) is 0 Å². The first-order chi connectivity index (χ1) is 16.6.